The van der Waals surface area contributed by atoms with Crippen LogP contribution in [0.4, 0.5) is 0 Å². The summed E-state index contributed by atoms with van der Waals surface area (Å²) in [7, 11) is 0. The fraction of sp³-hybridized carbons (Fsp3) is 0. The van der Waals surface area contributed by atoms with E-state index in [-0.39, 0.29) is 11.0 Å². The number of aromatic nitrogens is 4. The molecular weight excluding hydrogens is 240 g/mol. The predicted octanol–water partition coefficient (Wildman–Crippen LogP) is 1.76. The second-order valence-corrected chi connectivity index (χ2v) is 3.80. The van der Waals surface area contributed by atoms with Gasteiger partial charge in [-0.15, -0.1) is 0 Å². The Labute approximate surface area is 101 Å². The van der Waals surface area contributed by atoms with Crippen LogP contribution in [0.1, 0.15) is 0 Å². The van der Waals surface area contributed by atoms with Gasteiger partial charge in [0.2, 0.25) is 5.28 Å². The van der Waals surface area contributed by atoms with Crippen LogP contribution in [0, 0.1) is 0 Å². The van der Waals surface area contributed by atoms with Crippen LogP contribution < -0.4 is 5.69 Å². The van der Waals surface area contributed by atoms with Crippen molar-refractivity contribution in [3.8, 4) is 5.82 Å². The van der Waals surface area contributed by atoms with Crippen molar-refractivity contribution in [2.24, 2.45) is 0 Å². The van der Waals surface area contributed by atoms with Crippen LogP contribution in [-0.4, -0.2) is 19.5 Å². The maximum atomic E-state index is 11.9. The molecule has 0 aliphatic heterocycles. The van der Waals surface area contributed by atoms with Crippen molar-refractivity contribution in [2.45, 2.75) is 0 Å². The lowest BCUT2D eigenvalue weighted by molar-refractivity contribution is 0.950. The number of H-pyrrole nitrogens is 1. The number of hydrogen-bond acceptors (Lipinski definition) is 3. The van der Waals surface area contributed by atoms with Crippen molar-refractivity contribution in [1.29, 1.82) is 0 Å². The van der Waals surface area contributed by atoms with E-state index in [0.29, 0.717) is 5.82 Å². The molecule has 0 saturated heterocycles. The quantitative estimate of drug-likeness (QED) is 0.666. The van der Waals surface area contributed by atoms with Crippen molar-refractivity contribution >= 4 is 22.6 Å². The highest BCUT2D eigenvalue weighted by Crippen LogP contribution is 2.13. The minimum atomic E-state index is -0.249. The van der Waals surface area contributed by atoms with Gasteiger partial charge in [0.1, 0.15) is 5.82 Å². The second-order valence-electron chi connectivity index (χ2n) is 3.47. The Balaban J connectivity index is 2.37. The first kappa shape index (κ1) is 10.0. The average Bonchev–Trinajstić information content (AvgIpc) is 2.64. The number of benzene rings is 1. The molecule has 6 heteroatoms. The molecular formula is C11H7ClN4O. The molecule has 0 spiro atoms. The van der Waals surface area contributed by atoms with Crippen LogP contribution in [0.5, 0.6) is 0 Å². The second kappa shape index (κ2) is 3.71. The summed E-state index contributed by atoms with van der Waals surface area (Å²) in [5.74, 6) is 0.451. The Morgan fingerprint density at radius 2 is 2.06 bits per heavy atom. The fourth-order valence-corrected chi connectivity index (χ4v) is 1.88. The largest absolute Gasteiger partial charge is 0.332 e. The standard InChI is InChI=1S/C11H7ClN4O/c12-10-13-6-5-9(15-10)16-8-4-2-1-3-7(8)14-11(16)17/h1-6H,(H,14,17). The van der Waals surface area contributed by atoms with Crippen molar-refractivity contribution in [2.75, 3.05) is 0 Å². The zero-order valence-corrected chi connectivity index (χ0v) is 9.35. The molecule has 0 amide bonds. The third-order valence-electron chi connectivity index (χ3n) is 2.43. The van der Waals surface area contributed by atoms with E-state index >= 15 is 0 Å². The molecule has 0 atom stereocenters. The van der Waals surface area contributed by atoms with Crippen molar-refractivity contribution in [3.05, 3.63) is 52.3 Å². The highest BCUT2D eigenvalue weighted by molar-refractivity contribution is 6.28. The average molecular weight is 247 g/mol. The molecule has 0 aliphatic carbocycles. The van der Waals surface area contributed by atoms with E-state index in [1.165, 1.54) is 10.8 Å². The summed E-state index contributed by atoms with van der Waals surface area (Å²) >= 11 is 5.72. The molecule has 0 unspecified atom stereocenters. The number of nitrogens with one attached hydrogen (secondary N) is 1. The zero-order valence-electron chi connectivity index (χ0n) is 8.59. The molecule has 1 aromatic carbocycles. The molecule has 0 fully saturated rings. The third-order valence-corrected chi connectivity index (χ3v) is 2.61. The monoisotopic (exact) mass is 246 g/mol. The van der Waals surface area contributed by atoms with Crippen LogP contribution in [0.15, 0.2) is 41.3 Å². The smallest absolute Gasteiger partial charge is 0.305 e. The van der Waals surface area contributed by atoms with E-state index in [4.69, 9.17) is 11.6 Å². The lowest BCUT2D eigenvalue weighted by Crippen LogP contribution is -2.15. The molecule has 5 nitrogen and oxygen atoms in total. The molecule has 84 valence electrons. The lowest BCUT2D eigenvalue weighted by Gasteiger charge is -2.01. The van der Waals surface area contributed by atoms with E-state index in [0.717, 1.165) is 11.0 Å². The Bertz CT molecular complexity index is 746. The Hall–Kier alpha value is -2.14. The van der Waals surface area contributed by atoms with E-state index in [1.54, 1.807) is 6.07 Å². The van der Waals surface area contributed by atoms with Gasteiger partial charge in [-0.1, -0.05) is 12.1 Å². The Kier molecular flexibility index (Phi) is 2.19. The normalized spacial score (nSPS) is 10.9. The lowest BCUT2D eigenvalue weighted by atomic mass is 10.3. The third kappa shape index (κ3) is 1.60. The van der Waals surface area contributed by atoms with Crippen LogP contribution in [0.3, 0.4) is 0 Å². The molecule has 0 saturated carbocycles. The van der Waals surface area contributed by atoms with Crippen LogP contribution in [0.2, 0.25) is 5.28 Å². The predicted molar refractivity (Wildman–Crippen MR) is 64.5 cm³/mol. The zero-order chi connectivity index (χ0) is 11.8. The topological polar surface area (TPSA) is 63.6 Å². The molecule has 0 bridgehead atoms. The SMILES string of the molecule is O=c1[nH]c2ccccc2n1-c1ccnc(Cl)n1. The van der Waals surface area contributed by atoms with Crippen molar-refractivity contribution < 1.29 is 0 Å². The number of para-hydroxylation sites is 2. The number of nitrogens with zero attached hydrogens (tertiary/aromatic N) is 3. The van der Waals surface area contributed by atoms with Gasteiger partial charge >= 0.3 is 5.69 Å². The maximum absolute atomic E-state index is 11.9. The minimum absolute atomic E-state index is 0.111. The fourth-order valence-electron chi connectivity index (χ4n) is 1.73. The van der Waals surface area contributed by atoms with Gasteiger partial charge < -0.3 is 4.98 Å². The van der Waals surface area contributed by atoms with Crippen LogP contribution in [-0.2, 0) is 0 Å². The summed E-state index contributed by atoms with van der Waals surface area (Å²) in [6.07, 6.45) is 1.51. The summed E-state index contributed by atoms with van der Waals surface area (Å²) in [6.45, 7) is 0. The molecule has 0 aliphatic rings. The van der Waals surface area contributed by atoms with Gasteiger partial charge in [-0.25, -0.2) is 14.3 Å². The summed E-state index contributed by atoms with van der Waals surface area (Å²) < 4.78 is 1.46. The van der Waals surface area contributed by atoms with E-state index in [2.05, 4.69) is 15.0 Å². The van der Waals surface area contributed by atoms with Gasteiger partial charge in [0.25, 0.3) is 0 Å². The first-order chi connectivity index (χ1) is 8.25. The minimum Gasteiger partial charge on any atom is -0.305 e. The summed E-state index contributed by atoms with van der Waals surface area (Å²) in [6, 6.07) is 9.01. The highest BCUT2D eigenvalue weighted by Gasteiger charge is 2.09. The molecule has 0 radical (unpaired) electrons. The van der Waals surface area contributed by atoms with Gasteiger partial charge in [-0.2, -0.15) is 4.98 Å². The number of hydrogen-bond donors (Lipinski definition) is 1. The molecule has 1 N–H and O–H groups in total. The number of fused-ring (bicyclic) bond motifs is 1. The summed E-state index contributed by atoms with van der Waals surface area (Å²) in [5, 5.41) is 0.111. The van der Waals surface area contributed by atoms with Crippen molar-refractivity contribution in [3.63, 3.8) is 0 Å². The first-order valence-corrected chi connectivity index (χ1v) is 5.32. The molecule has 3 aromatic rings. The molecule has 2 heterocycles. The van der Waals surface area contributed by atoms with Crippen molar-refractivity contribution in [1.82, 2.24) is 19.5 Å². The first-order valence-electron chi connectivity index (χ1n) is 4.94. The maximum Gasteiger partial charge on any atom is 0.332 e. The van der Waals surface area contributed by atoms with Gasteiger partial charge in [0.05, 0.1) is 11.0 Å². The Morgan fingerprint density at radius 1 is 1.24 bits per heavy atom. The van der Waals surface area contributed by atoms with E-state index in [9.17, 15) is 4.79 Å². The number of rotatable bonds is 1. The number of imidazole rings is 1. The highest BCUT2D eigenvalue weighted by atomic mass is 35.5. The van der Waals surface area contributed by atoms with Crippen LogP contribution >= 0.6 is 11.6 Å². The van der Waals surface area contributed by atoms with Gasteiger partial charge in [0.15, 0.2) is 0 Å². The summed E-state index contributed by atoms with van der Waals surface area (Å²) in [4.78, 5) is 22.4. The molecule has 17 heavy (non-hydrogen) atoms. The molecule has 3 rings (SSSR count). The van der Waals surface area contributed by atoms with Gasteiger partial charge in [0, 0.05) is 12.3 Å². The van der Waals surface area contributed by atoms with Gasteiger partial charge in [-0.3, -0.25) is 0 Å². The van der Waals surface area contributed by atoms with E-state index in [1.807, 2.05) is 24.3 Å². The summed E-state index contributed by atoms with van der Waals surface area (Å²) in [5.41, 5.74) is 1.26. The number of aromatic amines is 1. The van der Waals surface area contributed by atoms with Gasteiger partial charge in [-0.05, 0) is 23.7 Å². The number of halogens is 1. The van der Waals surface area contributed by atoms with Crippen LogP contribution in [0.25, 0.3) is 16.9 Å². The Morgan fingerprint density at radius 3 is 2.88 bits per heavy atom. The molecule has 2 aromatic heterocycles. The van der Waals surface area contributed by atoms with E-state index < -0.39 is 0 Å².